The summed E-state index contributed by atoms with van der Waals surface area (Å²) in [4.78, 5) is 0. The van der Waals surface area contributed by atoms with Crippen LogP contribution in [0.1, 0.15) is 24.5 Å². The van der Waals surface area contributed by atoms with Gasteiger partial charge in [0.1, 0.15) is 0 Å². The molecule has 134 valence electrons. The van der Waals surface area contributed by atoms with Crippen molar-refractivity contribution in [3.63, 3.8) is 0 Å². The van der Waals surface area contributed by atoms with Crippen LogP contribution in [0, 0.1) is 0 Å². The molecule has 0 saturated carbocycles. The lowest BCUT2D eigenvalue weighted by Gasteiger charge is -2.16. The topological polar surface area (TPSA) is 49.0 Å². The molecule has 1 heterocycles. The third kappa shape index (κ3) is 4.30. The molecule has 6 heteroatoms. The molecule has 0 bridgehead atoms. The van der Waals surface area contributed by atoms with Gasteiger partial charge in [0.05, 0.1) is 13.7 Å². The molecule has 0 spiro atoms. The van der Waals surface area contributed by atoms with E-state index in [1.165, 1.54) is 0 Å². The van der Waals surface area contributed by atoms with Gasteiger partial charge in [0.25, 0.3) is 0 Å². The Labute approximate surface area is 152 Å². The molecule has 1 aliphatic heterocycles. The van der Waals surface area contributed by atoms with E-state index in [4.69, 9.17) is 30.5 Å². The van der Waals surface area contributed by atoms with Crippen molar-refractivity contribution in [2.24, 2.45) is 0 Å². The van der Waals surface area contributed by atoms with Crippen LogP contribution in [0.5, 0.6) is 23.0 Å². The Morgan fingerprint density at radius 1 is 1.12 bits per heavy atom. The molecule has 0 aliphatic carbocycles. The van der Waals surface area contributed by atoms with Gasteiger partial charge in [0.15, 0.2) is 23.0 Å². The van der Waals surface area contributed by atoms with Crippen LogP contribution in [0.25, 0.3) is 0 Å². The fourth-order valence-electron chi connectivity index (χ4n) is 2.67. The van der Waals surface area contributed by atoms with Gasteiger partial charge in [-0.2, -0.15) is 0 Å². The maximum absolute atomic E-state index is 6.20. The molecule has 1 N–H and O–H groups in total. The Kier molecular flexibility index (Phi) is 5.89. The van der Waals surface area contributed by atoms with Gasteiger partial charge in [-0.1, -0.05) is 24.6 Å². The summed E-state index contributed by atoms with van der Waals surface area (Å²) in [5.41, 5.74) is 2.09. The molecule has 0 unspecified atom stereocenters. The van der Waals surface area contributed by atoms with Crippen LogP contribution in [0.3, 0.4) is 0 Å². The highest BCUT2D eigenvalue weighted by atomic mass is 35.5. The van der Waals surface area contributed by atoms with E-state index < -0.39 is 0 Å². The first-order valence-electron chi connectivity index (χ1n) is 8.29. The van der Waals surface area contributed by atoms with Crippen LogP contribution in [0.15, 0.2) is 30.3 Å². The lowest BCUT2D eigenvalue weighted by atomic mass is 10.1. The van der Waals surface area contributed by atoms with Crippen molar-refractivity contribution in [2.75, 3.05) is 20.5 Å². The largest absolute Gasteiger partial charge is 0.493 e. The smallest absolute Gasteiger partial charge is 0.231 e. The summed E-state index contributed by atoms with van der Waals surface area (Å²) >= 11 is 6.20. The molecule has 2 aromatic carbocycles. The third-order valence-corrected chi connectivity index (χ3v) is 4.07. The van der Waals surface area contributed by atoms with Crippen LogP contribution in [-0.4, -0.2) is 20.5 Å². The van der Waals surface area contributed by atoms with Gasteiger partial charge in [-0.25, -0.2) is 0 Å². The molecule has 0 saturated heterocycles. The van der Waals surface area contributed by atoms with E-state index in [1.54, 1.807) is 13.2 Å². The number of fused-ring (bicyclic) bond motifs is 1. The second-order valence-corrected chi connectivity index (χ2v) is 6.17. The van der Waals surface area contributed by atoms with Crippen LogP contribution in [0.2, 0.25) is 5.02 Å². The van der Waals surface area contributed by atoms with Crippen molar-refractivity contribution < 1.29 is 18.9 Å². The van der Waals surface area contributed by atoms with E-state index in [0.29, 0.717) is 30.5 Å². The van der Waals surface area contributed by atoms with Gasteiger partial charge in [-0.15, -0.1) is 0 Å². The van der Waals surface area contributed by atoms with E-state index in [-0.39, 0.29) is 6.79 Å². The van der Waals surface area contributed by atoms with Gasteiger partial charge in [0.2, 0.25) is 6.79 Å². The Morgan fingerprint density at radius 3 is 2.76 bits per heavy atom. The van der Waals surface area contributed by atoms with E-state index >= 15 is 0 Å². The zero-order valence-corrected chi connectivity index (χ0v) is 15.2. The first-order chi connectivity index (χ1) is 12.2. The molecule has 25 heavy (non-hydrogen) atoms. The maximum atomic E-state index is 6.20. The van der Waals surface area contributed by atoms with Gasteiger partial charge in [-0.05, 0) is 30.2 Å². The number of hydrogen-bond donors (Lipinski definition) is 1. The number of ether oxygens (including phenoxy) is 4. The summed E-state index contributed by atoms with van der Waals surface area (Å²) in [5.74, 6) is 2.97. The number of nitrogens with one attached hydrogen (secondary N) is 1. The minimum absolute atomic E-state index is 0.284. The second-order valence-electron chi connectivity index (χ2n) is 5.74. The second kappa shape index (κ2) is 8.32. The Bertz CT molecular complexity index is 736. The lowest BCUT2D eigenvalue weighted by molar-refractivity contribution is 0.174. The van der Waals surface area contributed by atoms with Crippen molar-refractivity contribution in [1.82, 2.24) is 5.32 Å². The Balaban J connectivity index is 1.68. The predicted octanol–water partition coefficient (Wildman–Crippen LogP) is 4.16. The average Bonchev–Trinajstić information content (AvgIpc) is 3.08. The summed E-state index contributed by atoms with van der Waals surface area (Å²) in [6.07, 6.45) is 0.926. The Morgan fingerprint density at radius 2 is 1.96 bits per heavy atom. The fraction of sp³-hybridized carbons (Fsp3) is 0.368. The molecular weight excluding hydrogens is 342 g/mol. The van der Waals surface area contributed by atoms with Crippen LogP contribution in [-0.2, 0) is 13.1 Å². The normalized spacial score (nSPS) is 12.3. The monoisotopic (exact) mass is 363 g/mol. The highest BCUT2D eigenvalue weighted by Crippen LogP contribution is 2.35. The zero-order valence-electron chi connectivity index (χ0n) is 14.4. The lowest BCUT2D eigenvalue weighted by Crippen LogP contribution is -2.14. The van der Waals surface area contributed by atoms with Gasteiger partial charge in [-0.3, -0.25) is 0 Å². The molecule has 0 fully saturated rings. The minimum atomic E-state index is 0.284. The van der Waals surface area contributed by atoms with E-state index in [0.717, 1.165) is 34.8 Å². The van der Waals surface area contributed by atoms with Crippen molar-refractivity contribution >= 4 is 11.6 Å². The fourth-order valence-corrected chi connectivity index (χ4v) is 2.90. The molecule has 0 radical (unpaired) electrons. The van der Waals surface area contributed by atoms with Gasteiger partial charge < -0.3 is 24.3 Å². The van der Waals surface area contributed by atoms with Crippen molar-refractivity contribution in [3.8, 4) is 23.0 Å². The van der Waals surface area contributed by atoms with Gasteiger partial charge in [0, 0.05) is 29.7 Å². The molecule has 5 nitrogen and oxygen atoms in total. The van der Waals surface area contributed by atoms with Crippen molar-refractivity contribution in [2.45, 2.75) is 26.4 Å². The maximum Gasteiger partial charge on any atom is 0.231 e. The van der Waals surface area contributed by atoms with Crippen LogP contribution in [0.4, 0.5) is 0 Å². The standard InChI is InChI=1S/C19H22ClNO4/c1-3-6-23-19-14(8-15(20)9-18(19)22-2)11-21-10-13-4-5-16-17(7-13)25-12-24-16/h4-5,7-9,21H,3,6,10-12H2,1-2H3. The number of benzene rings is 2. The third-order valence-electron chi connectivity index (χ3n) is 3.85. The van der Waals surface area contributed by atoms with Crippen LogP contribution >= 0.6 is 11.6 Å². The number of methoxy groups -OCH3 is 1. The number of rotatable bonds is 8. The van der Waals surface area contributed by atoms with E-state index in [9.17, 15) is 0 Å². The molecule has 3 rings (SSSR count). The summed E-state index contributed by atoms with van der Waals surface area (Å²) in [7, 11) is 1.62. The van der Waals surface area contributed by atoms with Crippen molar-refractivity contribution in [3.05, 3.63) is 46.5 Å². The van der Waals surface area contributed by atoms with Gasteiger partial charge >= 0.3 is 0 Å². The van der Waals surface area contributed by atoms with E-state index in [2.05, 4.69) is 12.2 Å². The molecule has 0 atom stereocenters. The summed E-state index contributed by atoms with van der Waals surface area (Å²) in [6.45, 7) is 4.29. The SMILES string of the molecule is CCCOc1c(CNCc2ccc3c(c2)OCO3)cc(Cl)cc1OC. The molecule has 2 aromatic rings. The number of hydrogen-bond acceptors (Lipinski definition) is 5. The highest BCUT2D eigenvalue weighted by Gasteiger charge is 2.14. The molecule has 1 aliphatic rings. The van der Waals surface area contributed by atoms with Crippen molar-refractivity contribution in [1.29, 1.82) is 0 Å². The average molecular weight is 364 g/mol. The first-order valence-corrected chi connectivity index (χ1v) is 8.67. The van der Waals surface area contributed by atoms with E-state index in [1.807, 2.05) is 24.3 Å². The summed E-state index contributed by atoms with van der Waals surface area (Å²) in [5, 5.41) is 4.04. The first kappa shape index (κ1) is 17.7. The molecular formula is C19H22ClNO4. The van der Waals surface area contributed by atoms with Crippen LogP contribution < -0.4 is 24.3 Å². The quantitative estimate of drug-likeness (QED) is 0.763. The Hall–Kier alpha value is -2.11. The highest BCUT2D eigenvalue weighted by molar-refractivity contribution is 6.30. The predicted molar refractivity (Wildman–Crippen MR) is 96.9 cm³/mol. The summed E-state index contributed by atoms with van der Waals surface area (Å²) in [6, 6.07) is 9.61. The summed E-state index contributed by atoms with van der Waals surface area (Å²) < 4.78 is 22.0. The molecule has 0 amide bonds. The number of halogens is 1. The minimum Gasteiger partial charge on any atom is -0.493 e. The zero-order chi connectivity index (χ0) is 17.6. The molecule has 0 aromatic heterocycles.